The van der Waals surface area contributed by atoms with Crippen LogP contribution in [0.3, 0.4) is 0 Å². The van der Waals surface area contributed by atoms with E-state index in [1.807, 2.05) is 6.92 Å². The second kappa shape index (κ2) is 5.83. The normalized spacial score (nSPS) is 10.7. The Kier molecular flexibility index (Phi) is 4.45. The van der Waals surface area contributed by atoms with E-state index < -0.39 is 11.2 Å². The Morgan fingerprint density at radius 1 is 1.35 bits per heavy atom. The maximum absolute atomic E-state index is 11.3. The zero-order valence-electron chi connectivity index (χ0n) is 9.79. The highest BCUT2D eigenvalue weighted by Crippen LogP contribution is 1.97. The molecule has 0 bridgehead atoms. The predicted octanol–water partition coefficient (Wildman–Crippen LogP) is -0.0890. The molecule has 0 aromatic carbocycles. The first-order chi connectivity index (χ1) is 8.04. The molecule has 0 aliphatic rings. The van der Waals surface area contributed by atoms with Crippen molar-refractivity contribution in [1.82, 2.24) is 15.3 Å². The summed E-state index contributed by atoms with van der Waals surface area (Å²) in [6.07, 6.45) is 3.55. The van der Waals surface area contributed by atoms with Gasteiger partial charge in [0, 0.05) is 18.2 Å². The van der Waals surface area contributed by atoms with Crippen LogP contribution >= 0.6 is 0 Å². The first-order valence-electron chi connectivity index (χ1n) is 5.33. The third-order valence-corrected chi connectivity index (χ3v) is 2.17. The largest absolute Gasteiger partial charge is 0.353 e. The van der Waals surface area contributed by atoms with Crippen LogP contribution in [0, 0.1) is 6.92 Å². The zero-order chi connectivity index (χ0) is 12.8. The molecule has 0 saturated heterocycles. The van der Waals surface area contributed by atoms with Crippen molar-refractivity contribution < 1.29 is 4.79 Å². The molecule has 1 rings (SSSR count). The van der Waals surface area contributed by atoms with Crippen molar-refractivity contribution in [1.29, 1.82) is 0 Å². The Morgan fingerprint density at radius 3 is 2.71 bits per heavy atom. The Balaban J connectivity index is 2.88. The molecule has 0 aliphatic heterocycles. The molecule has 0 atom stereocenters. The topological polar surface area (TPSA) is 94.8 Å². The summed E-state index contributed by atoms with van der Waals surface area (Å²) in [7, 11) is 0. The van der Waals surface area contributed by atoms with Crippen LogP contribution in [0.15, 0.2) is 15.7 Å². The van der Waals surface area contributed by atoms with E-state index in [4.69, 9.17) is 0 Å². The van der Waals surface area contributed by atoms with Gasteiger partial charge in [-0.3, -0.25) is 14.6 Å². The molecule has 3 N–H and O–H groups in total. The maximum atomic E-state index is 11.3. The lowest BCUT2D eigenvalue weighted by molar-refractivity contribution is -0.116. The van der Waals surface area contributed by atoms with Crippen LogP contribution in [0.5, 0.6) is 0 Å². The van der Waals surface area contributed by atoms with Gasteiger partial charge in [0.15, 0.2) is 0 Å². The standard InChI is InChI=1S/C11H15N3O3/c1-3-6-12-9(15)5-4-8-7(2)10(16)14-11(17)13-8/h4-5H,3,6H2,1-2H3,(H,12,15)(H2,13,14,16,17)/b5-4+. The molecule has 0 spiro atoms. The minimum atomic E-state index is -0.589. The number of hydrogen-bond donors (Lipinski definition) is 3. The van der Waals surface area contributed by atoms with Crippen LogP contribution < -0.4 is 16.6 Å². The molecule has 92 valence electrons. The van der Waals surface area contributed by atoms with Crippen LogP contribution in [-0.2, 0) is 4.79 Å². The fourth-order valence-electron chi connectivity index (χ4n) is 1.20. The van der Waals surface area contributed by atoms with E-state index in [9.17, 15) is 14.4 Å². The summed E-state index contributed by atoms with van der Waals surface area (Å²) < 4.78 is 0. The molecule has 1 aromatic heterocycles. The van der Waals surface area contributed by atoms with Crippen molar-refractivity contribution in [2.24, 2.45) is 0 Å². The quantitative estimate of drug-likeness (QED) is 0.639. The van der Waals surface area contributed by atoms with Crippen LogP contribution in [0.4, 0.5) is 0 Å². The van der Waals surface area contributed by atoms with E-state index in [-0.39, 0.29) is 5.91 Å². The summed E-state index contributed by atoms with van der Waals surface area (Å²) in [4.78, 5) is 38.1. The number of amides is 1. The first-order valence-corrected chi connectivity index (χ1v) is 5.33. The van der Waals surface area contributed by atoms with E-state index in [1.165, 1.54) is 12.2 Å². The second-order valence-electron chi connectivity index (χ2n) is 3.57. The van der Waals surface area contributed by atoms with Gasteiger partial charge < -0.3 is 10.3 Å². The van der Waals surface area contributed by atoms with Crippen molar-refractivity contribution in [2.75, 3.05) is 6.54 Å². The maximum Gasteiger partial charge on any atom is 0.326 e. The average molecular weight is 237 g/mol. The van der Waals surface area contributed by atoms with Crippen LogP contribution in [0.1, 0.15) is 24.6 Å². The number of hydrogen-bond acceptors (Lipinski definition) is 3. The van der Waals surface area contributed by atoms with E-state index >= 15 is 0 Å². The van der Waals surface area contributed by atoms with Gasteiger partial charge in [-0.1, -0.05) is 6.92 Å². The Bertz CT molecular complexity index is 540. The summed E-state index contributed by atoms with van der Waals surface area (Å²) in [5.74, 6) is -0.257. The summed E-state index contributed by atoms with van der Waals surface area (Å²) in [5.41, 5.74) is -0.342. The lowest BCUT2D eigenvalue weighted by atomic mass is 10.2. The van der Waals surface area contributed by atoms with Gasteiger partial charge in [-0.15, -0.1) is 0 Å². The van der Waals surface area contributed by atoms with E-state index in [0.29, 0.717) is 17.8 Å². The van der Waals surface area contributed by atoms with Gasteiger partial charge in [0.1, 0.15) is 0 Å². The van der Waals surface area contributed by atoms with Gasteiger partial charge in [0.25, 0.3) is 5.56 Å². The number of aromatic nitrogens is 2. The molecule has 6 nitrogen and oxygen atoms in total. The van der Waals surface area contributed by atoms with Gasteiger partial charge in [-0.05, 0) is 19.4 Å². The van der Waals surface area contributed by atoms with Gasteiger partial charge in [0.05, 0.1) is 5.69 Å². The predicted molar refractivity (Wildman–Crippen MR) is 64.8 cm³/mol. The van der Waals surface area contributed by atoms with Crippen LogP contribution in [-0.4, -0.2) is 22.4 Å². The highest BCUT2D eigenvalue weighted by molar-refractivity contribution is 5.91. The fraction of sp³-hybridized carbons (Fsp3) is 0.364. The molecule has 0 unspecified atom stereocenters. The first kappa shape index (κ1) is 13.0. The third-order valence-electron chi connectivity index (χ3n) is 2.17. The zero-order valence-corrected chi connectivity index (χ0v) is 9.79. The van der Waals surface area contributed by atoms with E-state index in [2.05, 4.69) is 15.3 Å². The van der Waals surface area contributed by atoms with Gasteiger partial charge in [0.2, 0.25) is 5.91 Å². The third kappa shape index (κ3) is 3.75. The highest BCUT2D eigenvalue weighted by atomic mass is 16.2. The summed E-state index contributed by atoms with van der Waals surface area (Å²) >= 11 is 0. The Labute approximate surface area is 97.8 Å². The number of H-pyrrole nitrogens is 2. The summed E-state index contributed by atoms with van der Waals surface area (Å²) in [5, 5.41) is 2.65. The molecule has 1 aromatic rings. The Morgan fingerprint density at radius 2 is 2.06 bits per heavy atom. The molecule has 0 radical (unpaired) electrons. The smallest absolute Gasteiger partial charge is 0.326 e. The number of rotatable bonds is 4. The van der Waals surface area contributed by atoms with Gasteiger partial charge >= 0.3 is 5.69 Å². The molecular formula is C11H15N3O3. The number of aromatic amines is 2. The van der Waals surface area contributed by atoms with Crippen molar-refractivity contribution in [3.63, 3.8) is 0 Å². The van der Waals surface area contributed by atoms with Crippen LogP contribution in [0.2, 0.25) is 0 Å². The molecule has 17 heavy (non-hydrogen) atoms. The average Bonchev–Trinajstić information content (AvgIpc) is 2.29. The van der Waals surface area contributed by atoms with Crippen molar-refractivity contribution >= 4 is 12.0 Å². The van der Waals surface area contributed by atoms with Gasteiger partial charge in [-0.2, -0.15) is 0 Å². The lowest BCUT2D eigenvalue weighted by Gasteiger charge is -1.99. The van der Waals surface area contributed by atoms with Crippen molar-refractivity contribution in [2.45, 2.75) is 20.3 Å². The number of carbonyl (C=O) groups excluding carboxylic acids is 1. The molecule has 1 amide bonds. The summed E-state index contributed by atoms with van der Waals surface area (Å²) in [6.45, 7) is 4.11. The number of carbonyl (C=O) groups is 1. The molecule has 0 saturated carbocycles. The number of nitrogens with one attached hydrogen (secondary N) is 3. The SMILES string of the molecule is CCCNC(=O)/C=C/c1[nH]c(=O)[nH]c(=O)c1C. The minimum Gasteiger partial charge on any atom is -0.353 e. The Hall–Kier alpha value is -2.11. The molecule has 6 heteroatoms. The van der Waals surface area contributed by atoms with E-state index in [1.54, 1.807) is 6.92 Å². The van der Waals surface area contributed by atoms with Crippen molar-refractivity contribution in [3.8, 4) is 0 Å². The molecule has 0 aliphatic carbocycles. The monoisotopic (exact) mass is 237 g/mol. The fourth-order valence-corrected chi connectivity index (χ4v) is 1.20. The highest BCUT2D eigenvalue weighted by Gasteiger charge is 2.01. The van der Waals surface area contributed by atoms with E-state index in [0.717, 1.165) is 6.42 Å². The minimum absolute atomic E-state index is 0.257. The van der Waals surface area contributed by atoms with Crippen LogP contribution in [0.25, 0.3) is 6.08 Å². The van der Waals surface area contributed by atoms with Gasteiger partial charge in [-0.25, -0.2) is 4.79 Å². The second-order valence-corrected chi connectivity index (χ2v) is 3.57. The summed E-state index contributed by atoms with van der Waals surface area (Å²) in [6, 6.07) is 0. The lowest BCUT2D eigenvalue weighted by Crippen LogP contribution is -2.25. The molecule has 1 heterocycles. The molecular weight excluding hydrogens is 222 g/mol. The van der Waals surface area contributed by atoms with Crippen molar-refractivity contribution in [3.05, 3.63) is 38.2 Å². The molecule has 0 fully saturated rings.